The van der Waals surface area contributed by atoms with Gasteiger partial charge in [0.2, 0.25) is 0 Å². The number of esters is 1. The molecule has 0 amide bonds. The predicted molar refractivity (Wildman–Crippen MR) is 57.6 cm³/mol. The van der Waals surface area contributed by atoms with Crippen molar-refractivity contribution in [3.05, 3.63) is 11.3 Å². The van der Waals surface area contributed by atoms with E-state index in [1.54, 1.807) is 18.5 Å². The summed E-state index contributed by atoms with van der Waals surface area (Å²) in [6.45, 7) is 6.63. The zero-order valence-electron chi connectivity index (χ0n) is 9.41. The lowest BCUT2D eigenvalue weighted by molar-refractivity contribution is 0.0517. The molecule has 0 radical (unpaired) electrons. The lowest BCUT2D eigenvalue weighted by Crippen LogP contribution is -2.08. The second-order valence-corrected chi connectivity index (χ2v) is 3.30. The molecule has 1 aromatic rings. The molecule has 0 fully saturated rings. The molecule has 5 heteroatoms. The van der Waals surface area contributed by atoms with Crippen molar-refractivity contribution >= 4 is 11.8 Å². The number of ether oxygens (including phenoxy) is 1. The third kappa shape index (κ3) is 2.29. The summed E-state index contributed by atoms with van der Waals surface area (Å²) in [5.41, 5.74) is 6.83. The van der Waals surface area contributed by atoms with Crippen molar-refractivity contribution in [2.45, 2.75) is 33.7 Å². The van der Waals surface area contributed by atoms with E-state index in [1.807, 2.05) is 6.92 Å². The van der Waals surface area contributed by atoms with Crippen molar-refractivity contribution in [2.75, 3.05) is 12.3 Å². The van der Waals surface area contributed by atoms with Gasteiger partial charge in [0.1, 0.15) is 5.82 Å². The fourth-order valence-electron chi connectivity index (χ4n) is 1.34. The molecule has 1 heterocycles. The molecule has 0 saturated carbocycles. The number of carbonyl (C=O) groups is 1. The Kier molecular flexibility index (Phi) is 3.71. The van der Waals surface area contributed by atoms with Gasteiger partial charge in [-0.05, 0) is 20.3 Å². The van der Waals surface area contributed by atoms with Crippen LogP contribution in [0.2, 0.25) is 0 Å². The third-order valence-corrected chi connectivity index (χ3v) is 2.14. The topological polar surface area (TPSA) is 70.1 Å². The van der Waals surface area contributed by atoms with E-state index < -0.39 is 5.97 Å². The lowest BCUT2D eigenvalue weighted by atomic mass is 10.2. The van der Waals surface area contributed by atoms with E-state index >= 15 is 0 Å². The molecule has 1 rings (SSSR count). The number of rotatable bonds is 4. The van der Waals surface area contributed by atoms with Gasteiger partial charge in [0.05, 0.1) is 6.61 Å². The first-order chi connectivity index (χ1) is 7.11. The number of carbonyl (C=O) groups excluding carboxylic acids is 1. The molecule has 15 heavy (non-hydrogen) atoms. The highest BCUT2D eigenvalue weighted by Crippen LogP contribution is 2.16. The molecule has 5 nitrogen and oxygen atoms in total. The van der Waals surface area contributed by atoms with Gasteiger partial charge in [-0.1, -0.05) is 6.92 Å². The number of aryl methyl sites for hydroxylation is 1. The third-order valence-electron chi connectivity index (χ3n) is 2.14. The molecule has 0 atom stereocenters. The van der Waals surface area contributed by atoms with E-state index in [0.717, 1.165) is 6.42 Å². The molecule has 0 aliphatic carbocycles. The second kappa shape index (κ2) is 4.82. The van der Waals surface area contributed by atoms with Gasteiger partial charge in [0.25, 0.3) is 0 Å². The van der Waals surface area contributed by atoms with Crippen LogP contribution in [-0.2, 0) is 11.3 Å². The number of hydrogen-bond donors (Lipinski definition) is 1. The van der Waals surface area contributed by atoms with Crippen molar-refractivity contribution in [3.63, 3.8) is 0 Å². The minimum absolute atomic E-state index is 0.322. The van der Waals surface area contributed by atoms with Crippen molar-refractivity contribution in [1.29, 1.82) is 0 Å². The van der Waals surface area contributed by atoms with Gasteiger partial charge < -0.3 is 10.5 Å². The Morgan fingerprint density at radius 2 is 2.20 bits per heavy atom. The molecule has 0 aliphatic heterocycles. The standard InChI is InChI=1S/C10H17N3O2/c1-4-6-13-9(11)7(3)8(12-13)10(14)15-5-2/h4-6,11H2,1-3H3. The summed E-state index contributed by atoms with van der Waals surface area (Å²) in [6.07, 6.45) is 0.924. The van der Waals surface area contributed by atoms with Crippen LogP contribution in [0.1, 0.15) is 36.3 Å². The normalized spacial score (nSPS) is 10.3. The summed E-state index contributed by atoms with van der Waals surface area (Å²) in [4.78, 5) is 11.5. The van der Waals surface area contributed by atoms with Gasteiger partial charge in [-0.2, -0.15) is 5.10 Å². The molecular weight excluding hydrogens is 194 g/mol. The lowest BCUT2D eigenvalue weighted by Gasteiger charge is -1.99. The van der Waals surface area contributed by atoms with Crippen LogP contribution in [0.4, 0.5) is 5.82 Å². The highest BCUT2D eigenvalue weighted by atomic mass is 16.5. The number of aromatic nitrogens is 2. The van der Waals surface area contributed by atoms with Crippen LogP contribution in [0.15, 0.2) is 0 Å². The fourth-order valence-corrected chi connectivity index (χ4v) is 1.34. The van der Waals surface area contributed by atoms with Crippen LogP contribution in [-0.4, -0.2) is 22.4 Å². The maximum absolute atomic E-state index is 11.5. The van der Waals surface area contributed by atoms with Crippen LogP contribution in [0, 0.1) is 6.92 Å². The molecule has 1 aromatic heterocycles. The molecular formula is C10H17N3O2. The van der Waals surface area contributed by atoms with Crippen molar-refractivity contribution in [2.24, 2.45) is 0 Å². The maximum atomic E-state index is 11.5. The maximum Gasteiger partial charge on any atom is 0.359 e. The Bertz CT molecular complexity index is 358. The summed E-state index contributed by atoms with van der Waals surface area (Å²) in [6, 6.07) is 0. The average Bonchev–Trinajstić information content (AvgIpc) is 2.47. The van der Waals surface area contributed by atoms with Crippen LogP contribution < -0.4 is 5.73 Å². The summed E-state index contributed by atoms with van der Waals surface area (Å²) < 4.78 is 6.53. The van der Waals surface area contributed by atoms with Gasteiger partial charge >= 0.3 is 5.97 Å². The highest BCUT2D eigenvalue weighted by Gasteiger charge is 2.18. The Morgan fingerprint density at radius 3 is 2.73 bits per heavy atom. The summed E-state index contributed by atoms with van der Waals surface area (Å²) in [5, 5.41) is 4.13. The minimum atomic E-state index is -0.406. The monoisotopic (exact) mass is 211 g/mol. The van der Waals surface area contributed by atoms with Gasteiger partial charge in [-0.25, -0.2) is 9.48 Å². The number of anilines is 1. The van der Waals surface area contributed by atoms with Gasteiger partial charge in [0, 0.05) is 12.1 Å². The Labute approximate surface area is 89.2 Å². The van der Waals surface area contributed by atoms with Crippen LogP contribution >= 0.6 is 0 Å². The van der Waals surface area contributed by atoms with Crippen molar-refractivity contribution < 1.29 is 9.53 Å². The van der Waals surface area contributed by atoms with Crippen LogP contribution in [0.5, 0.6) is 0 Å². The molecule has 0 unspecified atom stereocenters. The van der Waals surface area contributed by atoms with Crippen molar-refractivity contribution in [1.82, 2.24) is 9.78 Å². The second-order valence-electron chi connectivity index (χ2n) is 3.30. The smallest absolute Gasteiger partial charge is 0.359 e. The van der Waals surface area contributed by atoms with E-state index in [9.17, 15) is 4.79 Å². The first-order valence-electron chi connectivity index (χ1n) is 5.11. The zero-order chi connectivity index (χ0) is 11.4. The number of hydrogen-bond acceptors (Lipinski definition) is 4. The highest BCUT2D eigenvalue weighted by molar-refractivity contribution is 5.90. The van der Waals surface area contributed by atoms with Gasteiger partial charge in [-0.15, -0.1) is 0 Å². The molecule has 0 aromatic carbocycles. The first-order valence-corrected chi connectivity index (χ1v) is 5.11. The zero-order valence-corrected chi connectivity index (χ0v) is 9.41. The Balaban J connectivity index is 2.99. The number of nitrogen functional groups attached to an aromatic ring is 1. The van der Waals surface area contributed by atoms with Crippen molar-refractivity contribution in [3.8, 4) is 0 Å². The van der Waals surface area contributed by atoms with E-state index in [-0.39, 0.29) is 0 Å². The largest absolute Gasteiger partial charge is 0.461 e. The van der Waals surface area contributed by atoms with E-state index in [2.05, 4.69) is 5.10 Å². The molecule has 0 aliphatic rings. The number of nitrogens with two attached hydrogens (primary N) is 1. The Morgan fingerprint density at radius 1 is 1.53 bits per heavy atom. The fraction of sp³-hybridized carbons (Fsp3) is 0.600. The SMILES string of the molecule is CCCn1nc(C(=O)OCC)c(C)c1N. The molecule has 0 saturated heterocycles. The molecule has 0 spiro atoms. The molecule has 84 valence electrons. The predicted octanol–water partition coefficient (Wildman–Crippen LogP) is 1.36. The minimum Gasteiger partial charge on any atom is -0.461 e. The van der Waals surface area contributed by atoms with Gasteiger partial charge in [0.15, 0.2) is 5.69 Å². The Hall–Kier alpha value is -1.52. The molecule has 0 bridgehead atoms. The summed E-state index contributed by atoms with van der Waals surface area (Å²) in [7, 11) is 0. The van der Waals surface area contributed by atoms with E-state index in [1.165, 1.54) is 0 Å². The van der Waals surface area contributed by atoms with Gasteiger partial charge in [-0.3, -0.25) is 0 Å². The first kappa shape index (κ1) is 11.6. The average molecular weight is 211 g/mol. The summed E-state index contributed by atoms with van der Waals surface area (Å²) >= 11 is 0. The number of nitrogens with zero attached hydrogens (tertiary/aromatic N) is 2. The quantitative estimate of drug-likeness (QED) is 0.763. The van der Waals surface area contributed by atoms with E-state index in [4.69, 9.17) is 10.5 Å². The molecule has 2 N–H and O–H groups in total. The van der Waals surface area contributed by atoms with Crippen LogP contribution in [0.25, 0.3) is 0 Å². The summed E-state index contributed by atoms with van der Waals surface area (Å²) in [5.74, 6) is 0.136. The van der Waals surface area contributed by atoms with Crippen LogP contribution in [0.3, 0.4) is 0 Å². The van der Waals surface area contributed by atoms with E-state index in [0.29, 0.717) is 30.2 Å².